The third-order valence-electron chi connectivity index (χ3n) is 4.12. The molecule has 2 amide bonds. The molecule has 0 aromatic heterocycles. The molecule has 2 N–H and O–H groups in total. The van der Waals surface area contributed by atoms with E-state index in [0.29, 0.717) is 11.5 Å². The van der Waals surface area contributed by atoms with Crippen LogP contribution in [0.4, 0.5) is 0 Å². The van der Waals surface area contributed by atoms with Crippen molar-refractivity contribution in [3.63, 3.8) is 0 Å². The number of aryl methyl sites for hydroxylation is 1. The number of benzene rings is 1. The van der Waals surface area contributed by atoms with E-state index in [1.54, 1.807) is 12.1 Å². The molecule has 2 atom stereocenters. The molecule has 2 unspecified atom stereocenters. The van der Waals surface area contributed by atoms with Crippen LogP contribution in [0.5, 0.6) is 0 Å². The molecular weight excluding hydrogens is 300 g/mol. The van der Waals surface area contributed by atoms with E-state index in [-0.39, 0.29) is 23.8 Å². The molecule has 4 heteroatoms. The van der Waals surface area contributed by atoms with Crippen molar-refractivity contribution >= 4 is 11.8 Å². The molecule has 0 heterocycles. The largest absolute Gasteiger partial charge is 0.352 e. The van der Waals surface area contributed by atoms with Gasteiger partial charge in [-0.15, -0.1) is 0 Å². The van der Waals surface area contributed by atoms with Crippen molar-refractivity contribution < 1.29 is 9.59 Å². The van der Waals surface area contributed by atoms with Crippen LogP contribution >= 0.6 is 0 Å². The Hall–Kier alpha value is -1.84. The molecule has 0 saturated heterocycles. The summed E-state index contributed by atoms with van der Waals surface area (Å²) in [7, 11) is 0. The van der Waals surface area contributed by atoms with Crippen LogP contribution in [0.2, 0.25) is 0 Å². The Labute approximate surface area is 146 Å². The van der Waals surface area contributed by atoms with Crippen molar-refractivity contribution in [3.8, 4) is 0 Å². The van der Waals surface area contributed by atoms with Crippen LogP contribution in [0.25, 0.3) is 0 Å². The first-order valence-corrected chi connectivity index (χ1v) is 8.88. The minimum absolute atomic E-state index is 0.0247. The second-order valence-electron chi connectivity index (χ2n) is 7.44. The van der Waals surface area contributed by atoms with E-state index >= 15 is 0 Å². The molecule has 0 bridgehead atoms. The topological polar surface area (TPSA) is 58.2 Å². The van der Waals surface area contributed by atoms with Gasteiger partial charge in [-0.05, 0) is 50.7 Å². The Kier molecular flexibility index (Phi) is 7.96. The molecule has 0 spiro atoms. The maximum absolute atomic E-state index is 12.5. The molecule has 134 valence electrons. The molecule has 0 aliphatic heterocycles. The first kappa shape index (κ1) is 20.2. The van der Waals surface area contributed by atoms with Gasteiger partial charge in [0.1, 0.15) is 6.04 Å². The number of rotatable bonds is 8. The van der Waals surface area contributed by atoms with E-state index in [1.807, 2.05) is 39.8 Å². The van der Waals surface area contributed by atoms with Gasteiger partial charge in [0.2, 0.25) is 5.91 Å². The van der Waals surface area contributed by atoms with Gasteiger partial charge in [0.25, 0.3) is 5.91 Å². The first-order valence-electron chi connectivity index (χ1n) is 8.88. The molecule has 0 radical (unpaired) electrons. The molecule has 0 saturated carbocycles. The highest BCUT2D eigenvalue weighted by Crippen LogP contribution is 2.09. The average molecular weight is 332 g/mol. The minimum atomic E-state index is -0.527. The van der Waals surface area contributed by atoms with Crippen molar-refractivity contribution in [2.45, 2.75) is 66.5 Å². The van der Waals surface area contributed by atoms with E-state index < -0.39 is 6.04 Å². The van der Waals surface area contributed by atoms with Gasteiger partial charge < -0.3 is 10.6 Å². The van der Waals surface area contributed by atoms with E-state index in [2.05, 4.69) is 24.5 Å². The number of carbonyl (C=O) groups excluding carboxylic acids is 2. The highest BCUT2D eigenvalue weighted by atomic mass is 16.2. The molecular formula is C20H32N2O2. The first-order chi connectivity index (χ1) is 11.2. The molecule has 0 aliphatic carbocycles. The highest BCUT2D eigenvalue weighted by molar-refractivity contribution is 5.97. The Balaban J connectivity index is 2.67. The number of nitrogens with one attached hydrogen (secondary N) is 2. The zero-order valence-corrected chi connectivity index (χ0v) is 15.8. The van der Waals surface area contributed by atoms with Crippen molar-refractivity contribution in [3.05, 3.63) is 35.4 Å². The number of amides is 2. The fourth-order valence-electron chi connectivity index (χ4n) is 2.45. The summed E-state index contributed by atoms with van der Waals surface area (Å²) in [5, 5.41) is 5.90. The summed E-state index contributed by atoms with van der Waals surface area (Å²) in [5.74, 6) is 0.323. The second kappa shape index (κ2) is 9.45. The summed E-state index contributed by atoms with van der Waals surface area (Å²) in [6, 6.07) is 6.94. The van der Waals surface area contributed by atoms with E-state index in [4.69, 9.17) is 0 Å². The predicted octanol–water partition coefficient (Wildman–Crippen LogP) is 3.69. The van der Waals surface area contributed by atoms with Crippen LogP contribution in [0, 0.1) is 18.8 Å². The molecule has 1 aromatic carbocycles. The minimum Gasteiger partial charge on any atom is -0.352 e. The van der Waals surface area contributed by atoms with Gasteiger partial charge in [-0.1, -0.05) is 45.4 Å². The third kappa shape index (κ3) is 6.73. The second-order valence-corrected chi connectivity index (χ2v) is 7.44. The molecule has 1 rings (SSSR count). The fourth-order valence-corrected chi connectivity index (χ4v) is 2.45. The zero-order chi connectivity index (χ0) is 18.3. The van der Waals surface area contributed by atoms with Gasteiger partial charge in [-0.25, -0.2) is 0 Å². The smallest absolute Gasteiger partial charge is 0.251 e. The number of hydrogen-bond acceptors (Lipinski definition) is 2. The molecule has 0 aliphatic rings. The lowest BCUT2D eigenvalue weighted by Crippen LogP contribution is -2.51. The van der Waals surface area contributed by atoms with Crippen LogP contribution in [0.1, 0.15) is 63.4 Å². The van der Waals surface area contributed by atoms with Gasteiger partial charge in [0.15, 0.2) is 0 Å². The summed E-state index contributed by atoms with van der Waals surface area (Å²) in [6.07, 6.45) is 2.02. The molecule has 24 heavy (non-hydrogen) atoms. The van der Waals surface area contributed by atoms with Crippen LogP contribution in [0.3, 0.4) is 0 Å². The predicted molar refractivity (Wildman–Crippen MR) is 98.9 cm³/mol. The van der Waals surface area contributed by atoms with Crippen molar-refractivity contribution in [2.75, 3.05) is 0 Å². The van der Waals surface area contributed by atoms with Crippen LogP contribution in [-0.4, -0.2) is 23.9 Å². The van der Waals surface area contributed by atoms with Gasteiger partial charge >= 0.3 is 0 Å². The lowest BCUT2D eigenvalue weighted by atomic mass is 10.0. The molecule has 4 nitrogen and oxygen atoms in total. The van der Waals surface area contributed by atoms with E-state index in [0.717, 1.165) is 18.4 Å². The monoisotopic (exact) mass is 332 g/mol. The summed E-state index contributed by atoms with van der Waals surface area (Å²) in [6.45, 7) is 12.2. The van der Waals surface area contributed by atoms with Gasteiger partial charge in [-0.3, -0.25) is 9.59 Å². The summed E-state index contributed by atoms with van der Waals surface area (Å²) in [4.78, 5) is 24.9. The van der Waals surface area contributed by atoms with E-state index in [1.165, 1.54) is 0 Å². The number of hydrogen-bond donors (Lipinski definition) is 2. The summed E-state index contributed by atoms with van der Waals surface area (Å²) >= 11 is 0. The van der Waals surface area contributed by atoms with Crippen molar-refractivity contribution in [1.29, 1.82) is 0 Å². The van der Waals surface area contributed by atoms with Crippen LogP contribution < -0.4 is 10.6 Å². The Morgan fingerprint density at radius 3 is 2.00 bits per heavy atom. The summed E-state index contributed by atoms with van der Waals surface area (Å²) in [5.41, 5.74) is 1.68. The van der Waals surface area contributed by atoms with Gasteiger partial charge in [-0.2, -0.15) is 0 Å². The highest BCUT2D eigenvalue weighted by Gasteiger charge is 2.25. The lowest BCUT2D eigenvalue weighted by Gasteiger charge is -2.24. The fraction of sp³-hybridized carbons (Fsp3) is 0.600. The quantitative estimate of drug-likeness (QED) is 0.763. The normalized spacial score (nSPS) is 13.7. The standard InChI is InChI=1S/C20H32N2O2/c1-13(2)7-10-16(6)21-20(24)18(14(3)4)22-19(23)17-11-8-15(5)9-12-17/h8-9,11-14,16,18H,7,10H2,1-6H3,(H,21,24)(H,22,23). The molecule has 1 aromatic rings. The van der Waals surface area contributed by atoms with Crippen LogP contribution in [-0.2, 0) is 4.79 Å². The van der Waals surface area contributed by atoms with Gasteiger partial charge in [0, 0.05) is 11.6 Å². The summed E-state index contributed by atoms with van der Waals surface area (Å²) < 4.78 is 0. The molecule has 0 fully saturated rings. The Bertz CT molecular complexity index is 535. The van der Waals surface area contributed by atoms with Gasteiger partial charge in [0.05, 0.1) is 0 Å². The SMILES string of the molecule is Cc1ccc(C(=O)NC(C(=O)NC(C)CCC(C)C)C(C)C)cc1. The maximum Gasteiger partial charge on any atom is 0.251 e. The van der Waals surface area contributed by atoms with Crippen molar-refractivity contribution in [2.24, 2.45) is 11.8 Å². The Morgan fingerprint density at radius 2 is 1.50 bits per heavy atom. The lowest BCUT2D eigenvalue weighted by molar-refractivity contribution is -0.124. The Morgan fingerprint density at radius 1 is 0.917 bits per heavy atom. The average Bonchev–Trinajstić information content (AvgIpc) is 2.50. The third-order valence-corrected chi connectivity index (χ3v) is 4.12. The maximum atomic E-state index is 12.5. The number of carbonyl (C=O) groups is 2. The zero-order valence-electron chi connectivity index (χ0n) is 15.8. The van der Waals surface area contributed by atoms with E-state index in [9.17, 15) is 9.59 Å². The van der Waals surface area contributed by atoms with Crippen LogP contribution in [0.15, 0.2) is 24.3 Å². The van der Waals surface area contributed by atoms with Crippen molar-refractivity contribution in [1.82, 2.24) is 10.6 Å².